The van der Waals surface area contributed by atoms with Gasteiger partial charge >= 0.3 is 0 Å². The number of carbonyl (C=O) groups is 1. The van der Waals surface area contributed by atoms with Crippen LogP contribution >= 0.6 is 0 Å². The number of aryl methyl sites for hydroxylation is 1. The quantitative estimate of drug-likeness (QED) is 0.845. The molecule has 22 heavy (non-hydrogen) atoms. The molecule has 0 saturated carbocycles. The summed E-state index contributed by atoms with van der Waals surface area (Å²) in [6.07, 6.45) is -0.576. The summed E-state index contributed by atoms with van der Waals surface area (Å²) in [5, 5.41) is 0. The van der Waals surface area contributed by atoms with E-state index in [1.54, 1.807) is 31.0 Å². The van der Waals surface area contributed by atoms with E-state index >= 15 is 0 Å². The van der Waals surface area contributed by atoms with Crippen LogP contribution in [0.5, 0.6) is 5.75 Å². The first-order valence-corrected chi connectivity index (χ1v) is 7.18. The summed E-state index contributed by atoms with van der Waals surface area (Å²) in [7, 11) is 1.71. The topological polar surface area (TPSA) is 29.5 Å². The maximum Gasteiger partial charge on any atom is 0.263 e. The number of likely N-dealkylation sites (N-methyl/N-ethyl adjacent to an activating group) is 1. The van der Waals surface area contributed by atoms with Gasteiger partial charge in [-0.1, -0.05) is 29.8 Å². The van der Waals surface area contributed by atoms with Crippen LogP contribution in [0.25, 0.3) is 0 Å². The van der Waals surface area contributed by atoms with Crippen molar-refractivity contribution in [3.8, 4) is 5.75 Å². The SMILES string of the molecule is Cc1ccc(OC(C)C(=O)N(C)Cc2ccc(F)cc2)cc1. The highest BCUT2D eigenvalue weighted by atomic mass is 19.1. The maximum absolute atomic E-state index is 12.9. The molecule has 0 fully saturated rings. The molecule has 1 unspecified atom stereocenters. The van der Waals surface area contributed by atoms with Crippen LogP contribution in [0.4, 0.5) is 4.39 Å². The molecule has 116 valence electrons. The third-order valence-electron chi connectivity index (χ3n) is 3.39. The number of amides is 1. The van der Waals surface area contributed by atoms with E-state index in [9.17, 15) is 9.18 Å². The van der Waals surface area contributed by atoms with Gasteiger partial charge in [-0.05, 0) is 43.7 Å². The zero-order valence-electron chi connectivity index (χ0n) is 13.0. The van der Waals surface area contributed by atoms with E-state index in [1.807, 2.05) is 31.2 Å². The van der Waals surface area contributed by atoms with Gasteiger partial charge in [-0.3, -0.25) is 4.79 Å². The average Bonchev–Trinajstić information content (AvgIpc) is 2.51. The smallest absolute Gasteiger partial charge is 0.263 e. The van der Waals surface area contributed by atoms with Gasteiger partial charge in [0.15, 0.2) is 6.10 Å². The molecule has 0 N–H and O–H groups in total. The van der Waals surface area contributed by atoms with Crippen molar-refractivity contribution in [3.63, 3.8) is 0 Å². The number of hydrogen-bond donors (Lipinski definition) is 0. The monoisotopic (exact) mass is 301 g/mol. The van der Waals surface area contributed by atoms with Gasteiger partial charge in [0.05, 0.1) is 0 Å². The van der Waals surface area contributed by atoms with Crippen molar-refractivity contribution in [2.75, 3.05) is 7.05 Å². The fourth-order valence-corrected chi connectivity index (χ4v) is 2.12. The van der Waals surface area contributed by atoms with Gasteiger partial charge in [-0.15, -0.1) is 0 Å². The molecule has 0 aliphatic heterocycles. The van der Waals surface area contributed by atoms with E-state index < -0.39 is 6.10 Å². The molecular formula is C18H20FNO2. The van der Waals surface area contributed by atoms with Crippen LogP contribution in [0.3, 0.4) is 0 Å². The number of rotatable bonds is 5. The van der Waals surface area contributed by atoms with Gasteiger partial charge in [-0.2, -0.15) is 0 Å². The highest BCUT2D eigenvalue weighted by Crippen LogP contribution is 2.14. The minimum absolute atomic E-state index is 0.120. The summed E-state index contributed by atoms with van der Waals surface area (Å²) in [5.41, 5.74) is 2.01. The Morgan fingerprint density at radius 2 is 1.73 bits per heavy atom. The number of benzene rings is 2. The molecule has 2 aromatic rings. The molecule has 0 saturated heterocycles. The largest absolute Gasteiger partial charge is 0.481 e. The molecule has 0 bridgehead atoms. The lowest BCUT2D eigenvalue weighted by Crippen LogP contribution is -2.37. The Morgan fingerprint density at radius 1 is 1.14 bits per heavy atom. The van der Waals surface area contributed by atoms with E-state index in [-0.39, 0.29) is 11.7 Å². The standard InChI is InChI=1S/C18H20FNO2/c1-13-4-10-17(11-5-13)22-14(2)18(21)20(3)12-15-6-8-16(19)9-7-15/h4-11,14H,12H2,1-3H3. The van der Waals surface area contributed by atoms with Crippen LogP contribution in [0, 0.1) is 12.7 Å². The lowest BCUT2D eigenvalue weighted by atomic mass is 10.2. The highest BCUT2D eigenvalue weighted by molar-refractivity contribution is 5.80. The van der Waals surface area contributed by atoms with Crippen molar-refractivity contribution in [2.24, 2.45) is 0 Å². The minimum Gasteiger partial charge on any atom is -0.481 e. The molecule has 2 aromatic carbocycles. The molecule has 0 radical (unpaired) electrons. The minimum atomic E-state index is -0.576. The van der Waals surface area contributed by atoms with Crippen molar-refractivity contribution in [3.05, 3.63) is 65.5 Å². The van der Waals surface area contributed by atoms with Crippen LogP contribution in [0.2, 0.25) is 0 Å². The Balaban J connectivity index is 1.94. The van der Waals surface area contributed by atoms with Gasteiger partial charge in [0.2, 0.25) is 0 Å². The van der Waals surface area contributed by atoms with E-state index in [2.05, 4.69) is 0 Å². The maximum atomic E-state index is 12.9. The van der Waals surface area contributed by atoms with Crippen molar-refractivity contribution in [2.45, 2.75) is 26.5 Å². The van der Waals surface area contributed by atoms with Crippen LogP contribution in [0.15, 0.2) is 48.5 Å². The lowest BCUT2D eigenvalue weighted by Gasteiger charge is -2.22. The van der Waals surface area contributed by atoms with Crippen LogP contribution in [0.1, 0.15) is 18.1 Å². The average molecular weight is 301 g/mol. The summed E-state index contributed by atoms with van der Waals surface area (Å²) in [4.78, 5) is 13.9. The van der Waals surface area contributed by atoms with Crippen LogP contribution in [-0.2, 0) is 11.3 Å². The zero-order valence-corrected chi connectivity index (χ0v) is 13.0. The van der Waals surface area contributed by atoms with Crippen molar-refractivity contribution < 1.29 is 13.9 Å². The van der Waals surface area contributed by atoms with Crippen LogP contribution in [-0.4, -0.2) is 24.0 Å². The zero-order chi connectivity index (χ0) is 16.1. The summed E-state index contributed by atoms with van der Waals surface area (Å²) in [6.45, 7) is 4.14. The summed E-state index contributed by atoms with van der Waals surface area (Å²) >= 11 is 0. The Labute approximate surface area is 130 Å². The van der Waals surface area contributed by atoms with Gasteiger partial charge in [-0.25, -0.2) is 4.39 Å². The molecule has 0 aromatic heterocycles. The second-order valence-corrected chi connectivity index (χ2v) is 5.39. The molecule has 0 aliphatic carbocycles. The normalized spacial score (nSPS) is 11.8. The molecule has 3 nitrogen and oxygen atoms in total. The summed E-state index contributed by atoms with van der Waals surface area (Å²) in [5.74, 6) is 0.264. The van der Waals surface area contributed by atoms with Gasteiger partial charge in [0, 0.05) is 13.6 Å². The molecule has 0 spiro atoms. The van der Waals surface area contributed by atoms with E-state index in [4.69, 9.17) is 4.74 Å². The summed E-state index contributed by atoms with van der Waals surface area (Å²) in [6, 6.07) is 13.7. The van der Waals surface area contributed by atoms with E-state index in [0.29, 0.717) is 12.3 Å². The van der Waals surface area contributed by atoms with Crippen molar-refractivity contribution in [1.82, 2.24) is 4.90 Å². The lowest BCUT2D eigenvalue weighted by molar-refractivity contribution is -0.137. The first kappa shape index (κ1) is 16.0. The second kappa shape index (κ2) is 7.07. The number of carbonyl (C=O) groups excluding carboxylic acids is 1. The van der Waals surface area contributed by atoms with Crippen LogP contribution < -0.4 is 4.74 Å². The number of ether oxygens (including phenoxy) is 1. The predicted molar refractivity (Wildman–Crippen MR) is 84.1 cm³/mol. The van der Waals surface area contributed by atoms with Crippen molar-refractivity contribution >= 4 is 5.91 Å². The third-order valence-corrected chi connectivity index (χ3v) is 3.39. The molecule has 1 atom stereocenters. The molecule has 4 heteroatoms. The fraction of sp³-hybridized carbons (Fsp3) is 0.278. The Hall–Kier alpha value is -2.36. The molecular weight excluding hydrogens is 281 g/mol. The summed E-state index contributed by atoms with van der Waals surface area (Å²) < 4.78 is 18.5. The first-order valence-electron chi connectivity index (χ1n) is 7.18. The number of nitrogens with zero attached hydrogens (tertiary/aromatic N) is 1. The third kappa shape index (κ3) is 4.32. The molecule has 0 heterocycles. The van der Waals surface area contributed by atoms with Gasteiger partial charge in [0.1, 0.15) is 11.6 Å². The van der Waals surface area contributed by atoms with Crippen molar-refractivity contribution in [1.29, 1.82) is 0 Å². The number of halogens is 1. The Kier molecular flexibility index (Phi) is 5.15. The first-order chi connectivity index (χ1) is 10.5. The van der Waals surface area contributed by atoms with Gasteiger partial charge < -0.3 is 9.64 Å². The molecule has 2 rings (SSSR count). The van der Waals surface area contributed by atoms with Gasteiger partial charge in [0.25, 0.3) is 5.91 Å². The number of hydrogen-bond acceptors (Lipinski definition) is 2. The second-order valence-electron chi connectivity index (χ2n) is 5.39. The Bertz CT molecular complexity index is 567. The van der Waals surface area contributed by atoms with E-state index in [1.165, 1.54) is 12.1 Å². The van der Waals surface area contributed by atoms with E-state index in [0.717, 1.165) is 11.1 Å². The predicted octanol–water partition coefficient (Wildman–Crippen LogP) is 3.56. The highest BCUT2D eigenvalue weighted by Gasteiger charge is 2.19. The Morgan fingerprint density at radius 3 is 2.32 bits per heavy atom. The molecule has 1 amide bonds. The fourth-order valence-electron chi connectivity index (χ4n) is 2.12. The molecule has 0 aliphatic rings.